The maximum Gasteiger partial charge on any atom is 0.192 e. The fourth-order valence-electron chi connectivity index (χ4n) is 9.88. The van der Waals surface area contributed by atoms with Crippen LogP contribution in [-0.4, -0.2) is 150 Å². The Hall–Kier alpha value is -1.95. The second kappa shape index (κ2) is 23.2. The molecule has 5 rings (SSSR count). The van der Waals surface area contributed by atoms with Crippen LogP contribution in [0.4, 0.5) is 0 Å². The summed E-state index contributed by atoms with van der Waals surface area (Å²) < 4.78 is 7.08. The van der Waals surface area contributed by atoms with Crippen LogP contribution in [0.1, 0.15) is 165 Å². The van der Waals surface area contributed by atoms with Gasteiger partial charge in [0.25, 0.3) is 0 Å². The van der Waals surface area contributed by atoms with Crippen LogP contribution in [0, 0.1) is 5.92 Å². The standard InChI is InChI=1S/C46H88N10O/c1-9-45(7,57-34-38(3)46(8,10-2)51-44(49-42-21-13-11-14-22-42)50-43-23-15-12-16-24-43)33-39(4)56-36-52(27-19-31-54-29-17-25-47-40(54)5)35-53(37-56)28-20-32-55-30-18-26-48-41(55)6/h38-39,42-43H,9-37H2,1-8H3,(H2,49,50,51). The van der Waals surface area contributed by atoms with Gasteiger partial charge in [-0.3, -0.25) is 24.7 Å². The molecule has 0 bridgehead atoms. The van der Waals surface area contributed by atoms with E-state index in [0.29, 0.717) is 24.0 Å². The molecule has 3 aliphatic heterocycles. The third-order valence-corrected chi connectivity index (χ3v) is 14.6. The van der Waals surface area contributed by atoms with Crippen LogP contribution in [0.25, 0.3) is 0 Å². The zero-order valence-electron chi connectivity index (χ0n) is 38.3. The number of nitrogens with one attached hydrogen (secondary N) is 2. The van der Waals surface area contributed by atoms with Gasteiger partial charge in [0, 0.05) is 75.9 Å². The van der Waals surface area contributed by atoms with E-state index in [9.17, 15) is 0 Å². The van der Waals surface area contributed by atoms with E-state index in [2.05, 4.69) is 90.5 Å². The molecular formula is C46H88N10O. The Bertz CT molecular complexity index is 1220. The highest BCUT2D eigenvalue weighted by Crippen LogP contribution is 2.30. The zero-order chi connectivity index (χ0) is 40.7. The number of hydrogen-bond donors (Lipinski definition) is 2. The number of rotatable bonds is 20. The van der Waals surface area contributed by atoms with E-state index in [-0.39, 0.29) is 11.1 Å². The van der Waals surface area contributed by atoms with Crippen LogP contribution >= 0.6 is 0 Å². The van der Waals surface area contributed by atoms with E-state index in [4.69, 9.17) is 19.7 Å². The van der Waals surface area contributed by atoms with Crippen molar-refractivity contribution in [1.82, 2.24) is 35.1 Å². The first kappa shape index (κ1) is 46.1. The summed E-state index contributed by atoms with van der Waals surface area (Å²) in [5, 5.41) is 7.96. The first-order valence-electron chi connectivity index (χ1n) is 24.0. The van der Waals surface area contributed by atoms with Gasteiger partial charge in [0.1, 0.15) is 0 Å². The van der Waals surface area contributed by atoms with Crippen molar-refractivity contribution >= 4 is 17.6 Å². The molecule has 0 radical (unpaired) electrons. The van der Waals surface area contributed by atoms with Crippen LogP contribution in [0.5, 0.6) is 0 Å². The van der Waals surface area contributed by atoms with Gasteiger partial charge in [-0.2, -0.15) is 0 Å². The summed E-state index contributed by atoms with van der Waals surface area (Å²) in [7, 11) is 0. The molecule has 0 aromatic carbocycles. The predicted molar refractivity (Wildman–Crippen MR) is 241 cm³/mol. The average molecular weight is 797 g/mol. The minimum atomic E-state index is -0.189. The summed E-state index contributed by atoms with van der Waals surface area (Å²) in [6.45, 7) is 31.2. The van der Waals surface area contributed by atoms with E-state index >= 15 is 0 Å². The molecule has 3 heterocycles. The van der Waals surface area contributed by atoms with Gasteiger partial charge in [0.15, 0.2) is 5.96 Å². The maximum atomic E-state index is 7.08. The van der Waals surface area contributed by atoms with E-state index in [0.717, 1.165) is 104 Å². The molecule has 2 N–H and O–H groups in total. The van der Waals surface area contributed by atoms with Crippen molar-refractivity contribution in [1.29, 1.82) is 0 Å². The summed E-state index contributed by atoms with van der Waals surface area (Å²) in [5.74, 6) is 3.83. The Morgan fingerprint density at radius 1 is 0.754 bits per heavy atom. The molecule has 57 heavy (non-hydrogen) atoms. The number of guanidine groups is 1. The largest absolute Gasteiger partial charge is 0.375 e. The minimum Gasteiger partial charge on any atom is -0.375 e. The van der Waals surface area contributed by atoms with E-state index in [1.807, 2.05) is 0 Å². The predicted octanol–water partition coefficient (Wildman–Crippen LogP) is 7.78. The second-order valence-corrected chi connectivity index (χ2v) is 19.3. The van der Waals surface area contributed by atoms with Crippen molar-refractivity contribution < 1.29 is 4.74 Å². The lowest BCUT2D eigenvalue weighted by Crippen LogP contribution is -2.59. The highest BCUT2D eigenvalue weighted by Gasteiger charge is 2.36. The molecule has 11 heteroatoms. The maximum absolute atomic E-state index is 7.08. The van der Waals surface area contributed by atoms with Crippen LogP contribution in [0.2, 0.25) is 0 Å². The number of ether oxygens (including phenoxy) is 1. The van der Waals surface area contributed by atoms with Gasteiger partial charge in [-0.1, -0.05) is 59.3 Å². The lowest BCUT2D eigenvalue weighted by molar-refractivity contribution is -0.0971. The highest BCUT2D eigenvalue weighted by atomic mass is 16.5. The lowest BCUT2D eigenvalue weighted by Gasteiger charge is -2.47. The Balaban J connectivity index is 1.18. The van der Waals surface area contributed by atoms with Gasteiger partial charge in [-0.15, -0.1) is 0 Å². The lowest BCUT2D eigenvalue weighted by atomic mass is 9.84. The first-order valence-corrected chi connectivity index (χ1v) is 24.0. The zero-order valence-corrected chi connectivity index (χ0v) is 38.3. The molecule has 0 amide bonds. The molecule has 2 aliphatic carbocycles. The smallest absolute Gasteiger partial charge is 0.192 e. The van der Waals surface area contributed by atoms with E-state index < -0.39 is 0 Å². The molecule has 3 fully saturated rings. The molecule has 5 aliphatic rings. The Labute approximate surface area is 350 Å². The van der Waals surface area contributed by atoms with Gasteiger partial charge in [0.05, 0.1) is 49.9 Å². The molecule has 1 saturated heterocycles. The molecule has 4 atom stereocenters. The van der Waals surface area contributed by atoms with Gasteiger partial charge >= 0.3 is 0 Å². The van der Waals surface area contributed by atoms with Crippen LogP contribution in [0.3, 0.4) is 0 Å². The molecule has 4 unspecified atom stereocenters. The van der Waals surface area contributed by atoms with Gasteiger partial charge < -0.3 is 25.2 Å². The van der Waals surface area contributed by atoms with E-state index in [1.165, 1.54) is 102 Å². The van der Waals surface area contributed by atoms with Crippen LogP contribution < -0.4 is 10.6 Å². The molecule has 0 spiro atoms. The number of nitrogens with zero attached hydrogens (tertiary/aromatic N) is 8. The first-order chi connectivity index (χ1) is 27.5. The van der Waals surface area contributed by atoms with Crippen molar-refractivity contribution in [3.05, 3.63) is 0 Å². The Kier molecular flexibility index (Phi) is 18.7. The van der Waals surface area contributed by atoms with Gasteiger partial charge in [0.2, 0.25) is 0 Å². The van der Waals surface area contributed by atoms with Crippen molar-refractivity contribution in [3.63, 3.8) is 0 Å². The minimum absolute atomic E-state index is 0.111. The number of aliphatic imine (C=N–C) groups is 3. The van der Waals surface area contributed by atoms with Gasteiger partial charge in [-0.05, 0) is 105 Å². The van der Waals surface area contributed by atoms with Crippen LogP contribution in [0.15, 0.2) is 15.0 Å². The SMILES string of the molecule is CCC(C)(CC(C)N1CN(CCCN2CCCN=C2C)CN(CCCN2CCCN=C2C)C1)OCC(C)C(C)(CC)NC(=NC1CCCCC1)NC1CCCCC1. The van der Waals surface area contributed by atoms with E-state index in [1.54, 1.807) is 0 Å². The normalized spacial score (nSPS) is 25.0. The summed E-state index contributed by atoms with van der Waals surface area (Å²) in [6, 6.07) is 1.39. The van der Waals surface area contributed by atoms with Crippen molar-refractivity contribution in [2.75, 3.05) is 79.0 Å². The van der Waals surface area contributed by atoms with Gasteiger partial charge in [-0.25, -0.2) is 4.99 Å². The van der Waals surface area contributed by atoms with Crippen molar-refractivity contribution in [3.8, 4) is 0 Å². The summed E-state index contributed by atoms with van der Waals surface area (Å²) >= 11 is 0. The molecule has 0 aromatic rings. The van der Waals surface area contributed by atoms with Crippen molar-refractivity contribution in [2.24, 2.45) is 20.9 Å². The Morgan fingerprint density at radius 3 is 1.84 bits per heavy atom. The number of hydrogen-bond acceptors (Lipinski definition) is 9. The quantitative estimate of drug-likeness (QED) is 0.0956. The summed E-state index contributed by atoms with van der Waals surface area (Å²) in [6.07, 6.45) is 20.7. The highest BCUT2D eigenvalue weighted by molar-refractivity contribution is 5.81. The summed E-state index contributed by atoms with van der Waals surface area (Å²) in [4.78, 5) is 27.9. The topological polar surface area (TPSA) is 86.6 Å². The third-order valence-electron chi connectivity index (χ3n) is 14.6. The summed E-state index contributed by atoms with van der Waals surface area (Å²) in [5.41, 5.74) is -0.300. The molecule has 2 saturated carbocycles. The molecular weight excluding hydrogens is 709 g/mol. The van der Waals surface area contributed by atoms with Crippen LogP contribution in [-0.2, 0) is 4.74 Å². The fraction of sp³-hybridized carbons (Fsp3) is 0.935. The Morgan fingerprint density at radius 2 is 1.32 bits per heavy atom. The fourth-order valence-corrected chi connectivity index (χ4v) is 9.88. The monoisotopic (exact) mass is 797 g/mol. The average Bonchev–Trinajstić information content (AvgIpc) is 3.22. The third kappa shape index (κ3) is 14.6. The number of amidine groups is 2. The van der Waals surface area contributed by atoms with Crippen molar-refractivity contribution in [2.45, 2.75) is 194 Å². The molecule has 11 nitrogen and oxygen atoms in total. The molecule has 328 valence electrons. The second-order valence-electron chi connectivity index (χ2n) is 19.3. The molecule has 0 aromatic heterocycles.